The molecule has 0 atom stereocenters. The van der Waals surface area contributed by atoms with Crippen molar-refractivity contribution < 1.29 is 30.8 Å². The third-order valence-electron chi connectivity index (χ3n) is 3.32. The molecular weight excluding hydrogens is 376 g/mol. The van der Waals surface area contributed by atoms with Crippen LogP contribution in [0.25, 0.3) is 0 Å². The minimum absolute atomic E-state index is 0.123. The third kappa shape index (κ3) is 5.02. The number of halogens is 4. The molecule has 0 unspecified atom stereocenters. The fraction of sp³-hybridized carbons (Fsp3) is 0.188. The number of aryl methyl sites for hydroxylation is 1. The van der Waals surface area contributed by atoms with Gasteiger partial charge in [-0.05, 0) is 48.9 Å². The van der Waals surface area contributed by atoms with Crippen LogP contribution in [0.4, 0.5) is 23.2 Å². The molecule has 2 N–H and O–H groups in total. The van der Waals surface area contributed by atoms with Gasteiger partial charge in [0.05, 0.1) is 17.0 Å². The van der Waals surface area contributed by atoms with Gasteiger partial charge in [0.15, 0.2) is 0 Å². The SMILES string of the molecule is Cc1cc(F)ccc1S(=O)(=O)NCC(=O)Nc1cccc(C(F)(F)F)c1. The highest BCUT2D eigenvalue weighted by Crippen LogP contribution is 2.30. The molecule has 0 heterocycles. The first kappa shape index (κ1) is 19.9. The van der Waals surface area contributed by atoms with E-state index in [1.807, 2.05) is 4.72 Å². The number of rotatable bonds is 5. The molecule has 2 rings (SSSR count). The summed E-state index contributed by atoms with van der Waals surface area (Å²) in [5.74, 6) is -1.46. The molecule has 0 saturated heterocycles. The van der Waals surface area contributed by atoms with E-state index >= 15 is 0 Å². The van der Waals surface area contributed by atoms with E-state index in [0.717, 1.165) is 36.4 Å². The van der Waals surface area contributed by atoms with E-state index in [2.05, 4.69) is 5.32 Å². The zero-order valence-electron chi connectivity index (χ0n) is 13.4. The van der Waals surface area contributed by atoms with E-state index in [1.54, 1.807) is 0 Å². The van der Waals surface area contributed by atoms with Crippen LogP contribution in [0.2, 0.25) is 0 Å². The van der Waals surface area contributed by atoms with Crippen LogP contribution >= 0.6 is 0 Å². The summed E-state index contributed by atoms with van der Waals surface area (Å²) in [6.07, 6.45) is -4.57. The van der Waals surface area contributed by atoms with Crippen LogP contribution in [0.1, 0.15) is 11.1 Å². The summed E-state index contributed by atoms with van der Waals surface area (Å²) in [6, 6.07) is 6.97. The minimum atomic E-state index is -4.57. The van der Waals surface area contributed by atoms with Crippen LogP contribution in [0.5, 0.6) is 0 Å². The maximum Gasteiger partial charge on any atom is 0.416 e. The zero-order chi connectivity index (χ0) is 19.5. The van der Waals surface area contributed by atoms with E-state index in [4.69, 9.17) is 0 Å². The van der Waals surface area contributed by atoms with Crippen molar-refractivity contribution in [1.82, 2.24) is 4.72 Å². The second-order valence-corrected chi connectivity index (χ2v) is 7.10. The first-order valence-electron chi connectivity index (χ1n) is 7.22. The third-order valence-corrected chi connectivity index (χ3v) is 4.88. The van der Waals surface area contributed by atoms with Crippen LogP contribution < -0.4 is 10.0 Å². The number of carbonyl (C=O) groups excluding carboxylic acids is 1. The Balaban J connectivity index is 2.05. The zero-order valence-corrected chi connectivity index (χ0v) is 14.2. The Morgan fingerprint density at radius 1 is 1.12 bits per heavy atom. The van der Waals surface area contributed by atoms with Crippen molar-refractivity contribution in [3.05, 3.63) is 59.4 Å². The summed E-state index contributed by atoms with van der Waals surface area (Å²) in [6.45, 7) is 0.690. The smallest absolute Gasteiger partial charge is 0.325 e. The fourth-order valence-electron chi connectivity index (χ4n) is 2.13. The topological polar surface area (TPSA) is 75.3 Å². The summed E-state index contributed by atoms with van der Waals surface area (Å²) in [4.78, 5) is 11.6. The van der Waals surface area contributed by atoms with Gasteiger partial charge in [-0.25, -0.2) is 17.5 Å². The minimum Gasteiger partial charge on any atom is -0.325 e. The number of amides is 1. The van der Waals surface area contributed by atoms with Gasteiger partial charge < -0.3 is 5.32 Å². The van der Waals surface area contributed by atoms with Crippen LogP contribution in [-0.2, 0) is 21.0 Å². The first-order chi connectivity index (χ1) is 12.0. The Bertz CT molecular complexity index is 927. The lowest BCUT2D eigenvalue weighted by Crippen LogP contribution is -2.33. The average molecular weight is 390 g/mol. The van der Waals surface area contributed by atoms with Gasteiger partial charge in [0.2, 0.25) is 15.9 Å². The Morgan fingerprint density at radius 2 is 1.81 bits per heavy atom. The van der Waals surface area contributed by atoms with Crippen LogP contribution in [0.3, 0.4) is 0 Å². The predicted molar refractivity (Wildman–Crippen MR) is 86.4 cm³/mol. The molecule has 2 aromatic rings. The number of anilines is 1. The van der Waals surface area contributed by atoms with Gasteiger partial charge >= 0.3 is 6.18 Å². The maximum atomic E-state index is 13.0. The maximum absolute atomic E-state index is 13.0. The lowest BCUT2D eigenvalue weighted by Gasteiger charge is -2.11. The standard InChI is InChI=1S/C16H14F4N2O3S/c1-10-7-12(17)5-6-14(10)26(24,25)21-9-15(23)22-13-4-2-3-11(8-13)16(18,19)20/h2-8,21H,9H2,1H3,(H,22,23). The quantitative estimate of drug-likeness (QED) is 0.771. The number of benzene rings is 2. The predicted octanol–water partition coefficient (Wildman–Crippen LogP) is 3.07. The van der Waals surface area contributed by atoms with Crippen molar-refractivity contribution >= 4 is 21.6 Å². The summed E-state index contributed by atoms with van der Waals surface area (Å²) < 4.78 is 77.3. The molecule has 0 saturated carbocycles. The summed E-state index contributed by atoms with van der Waals surface area (Å²) in [5.41, 5.74) is -0.921. The second-order valence-electron chi connectivity index (χ2n) is 5.36. The van der Waals surface area contributed by atoms with Crippen molar-refractivity contribution in [2.75, 3.05) is 11.9 Å². The van der Waals surface area contributed by atoms with Crippen LogP contribution in [0, 0.1) is 12.7 Å². The highest BCUT2D eigenvalue weighted by Gasteiger charge is 2.30. The Hall–Kier alpha value is -2.46. The van der Waals surface area contributed by atoms with E-state index in [9.17, 15) is 30.8 Å². The van der Waals surface area contributed by atoms with Crippen molar-refractivity contribution in [2.24, 2.45) is 0 Å². The molecule has 0 aromatic heterocycles. The molecule has 0 fully saturated rings. The molecule has 0 spiro atoms. The van der Waals surface area contributed by atoms with Crippen LogP contribution in [-0.4, -0.2) is 20.9 Å². The van der Waals surface area contributed by atoms with Gasteiger partial charge in [0.25, 0.3) is 0 Å². The van der Waals surface area contributed by atoms with E-state index in [1.165, 1.54) is 13.0 Å². The van der Waals surface area contributed by atoms with Gasteiger partial charge in [-0.2, -0.15) is 13.2 Å². The molecule has 0 radical (unpaired) electrons. The van der Waals surface area contributed by atoms with Gasteiger partial charge in [-0.3, -0.25) is 4.79 Å². The molecule has 0 aliphatic rings. The van der Waals surface area contributed by atoms with E-state index in [0.29, 0.717) is 0 Å². The normalized spacial score (nSPS) is 12.0. The average Bonchev–Trinajstić information content (AvgIpc) is 2.52. The van der Waals surface area contributed by atoms with Crippen molar-refractivity contribution in [3.8, 4) is 0 Å². The number of carbonyl (C=O) groups is 1. The van der Waals surface area contributed by atoms with Crippen LogP contribution in [0.15, 0.2) is 47.4 Å². The lowest BCUT2D eigenvalue weighted by atomic mass is 10.2. The highest BCUT2D eigenvalue weighted by atomic mass is 32.2. The molecule has 140 valence electrons. The molecular formula is C16H14F4N2O3S. The Kier molecular flexibility index (Phi) is 5.67. The molecule has 0 aliphatic carbocycles. The molecule has 26 heavy (non-hydrogen) atoms. The molecule has 5 nitrogen and oxygen atoms in total. The largest absolute Gasteiger partial charge is 0.416 e. The van der Waals surface area contributed by atoms with Gasteiger partial charge in [-0.15, -0.1) is 0 Å². The van der Waals surface area contributed by atoms with Gasteiger partial charge in [0, 0.05) is 5.69 Å². The number of nitrogens with one attached hydrogen (secondary N) is 2. The van der Waals surface area contributed by atoms with Crippen molar-refractivity contribution in [3.63, 3.8) is 0 Å². The second kappa shape index (κ2) is 7.42. The molecule has 1 amide bonds. The molecule has 0 aliphatic heterocycles. The summed E-state index contributed by atoms with van der Waals surface area (Å²) >= 11 is 0. The monoisotopic (exact) mass is 390 g/mol. The molecule has 0 bridgehead atoms. The van der Waals surface area contributed by atoms with Gasteiger partial charge in [-0.1, -0.05) is 6.07 Å². The van der Waals surface area contributed by atoms with Crippen molar-refractivity contribution in [1.29, 1.82) is 0 Å². The van der Waals surface area contributed by atoms with Crippen molar-refractivity contribution in [2.45, 2.75) is 18.0 Å². The Labute approximate surface area is 147 Å². The summed E-state index contributed by atoms with van der Waals surface area (Å²) in [7, 11) is -4.08. The first-order valence-corrected chi connectivity index (χ1v) is 8.70. The highest BCUT2D eigenvalue weighted by molar-refractivity contribution is 7.89. The fourth-order valence-corrected chi connectivity index (χ4v) is 3.34. The number of alkyl halides is 3. The number of hydrogen-bond acceptors (Lipinski definition) is 3. The molecule has 10 heteroatoms. The van der Waals surface area contributed by atoms with E-state index in [-0.39, 0.29) is 16.1 Å². The number of sulfonamides is 1. The van der Waals surface area contributed by atoms with E-state index < -0.39 is 40.0 Å². The Morgan fingerprint density at radius 3 is 2.42 bits per heavy atom. The lowest BCUT2D eigenvalue weighted by molar-refractivity contribution is -0.137. The molecule has 2 aromatic carbocycles. The summed E-state index contributed by atoms with van der Waals surface area (Å²) in [5, 5.41) is 2.18. The van der Waals surface area contributed by atoms with Gasteiger partial charge in [0.1, 0.15) is 5.82 Å². The number of hydrogen-bond donors (Lipinski definition) is 2.